The minimum Gasteiger partial charge on any atom is -1.00 e. The molecular weight excluding hydrogens is 218 g/mol. The Kier molecular flexibility index (Phi) is 15.2. The first-order valence-electron chi connectivity index (χ1n) is 4.37. The van der Waals surface area contributed by atoms with Crippen LogP contribution >= 0.6 is 0 Å². The number of hydrogen-bond donors (Lipinski definition) is 2. The molecule has 0 aliphatic carbocycles. The SMILES string of the molecule is C=CC(N)=O.C[N+](C)(C)CCCON.[Cl-]. The van der Waals surface area contributed by atoms with Crippen molar-refractivity contribution in [3.05, 3.63) is 12.7 Å². The van der Waals surface area contributed by atoms with Gasteiger partial charge in [0.05, 0.1) is 34.3 Å². The summed E-state index contributed by atoms with van der Waals surface area (Å²) < 4.78 is 0.976. The Balaban J connectivity index is -0.000000208. The minimum atomic E-state index is -0.481. The van der Waals surface area contributed by atoms with Crippen LogP contribution in [0.4, 0.5) is 0 Å². The predicted octanol–water partition coefficient (Wildman–Crippen LogP) is -3.37. The number of primary amides is 1. The average Bonchev–Trinajstić information content (AvgIpc) is 2.04. The highest BCUT2D eigenvalue weighted by molar-refractivity contribution is 5.84. The normalized spacial score (nSPS) is 9.33. The van der Waals surface area contributed by atoms with Crippen molar-refractivity contribution in [1.82, 2.24) is 0 Å². The second kappa shape index (κ2) is 11.5. The van der Waals surface area contributed by atoms with Gasteiger partial charge in [0.2, 0.25) is 5.91 Å². The second-order valence-corrected chi connectivity index (χ2v) is 3.84. The van der Waals surface area contributed by atoms with Gasteiger partial charge in [0.25, 0.3) is 0 Å². The number of rotatable bonds is 5. The highest BCUT2D eigenvalue weighted by Crippen LogP contribution is 1.91. The molecule has 6 heteroatoms. The van der Waals surface area contributed by atoms with Gasteiger partial charge in [-0.3, -0.25) is 4.79 Å². The van der Waals surface area contributed by atoms with Crippen molar-refractivity contribution < 1.29 is 26.5 Å². The summed E-state index contributed by atoms with van der Waals surface area (Å²) in [5, 5.41) is 0. The number of halogens is 1. The van der Waals surface area contributed by atoms with Crippen LogP contribution in [0, 0.1) is 0 Å². The van der Waals surface area contributed by atoms with E-state index in [2.05, 4.69) is 38.3 Å². The molecule has 5 nitrogen and oxygen atoms in total. The van der Waals surface area contributed by atoms with E-state index in [4.69, 9.17) is 5.90 Å². The monoisotopic (exact) mass is 239 g/mol. The van der Waals surface area contributed by atoms with E-state index in [0.717, 1.165) is 23.5 Å². The van der Waals surface area contributed by atoms with E-state index in [1.54, 1.807) is 0 Å². The van der Waals surface area contributed by atoms with Crippen molar-refractivity contribution in [2.45, 2.75) is 6.42 Å². The molecule has 0 saturated heterocycles. The summed E-state index contributed by atoms with van der Waals surface area (Å²) in [6.45, 7) is 4.86. The third-order valence-corrected chi connectivity index (χ3v) is 1.29. The van der Waals surface area contributed by atoms with Crippen LogP contribution in [0.1, 0.15) is 6.42 Å². The molecule has 92 valence electrons. The van der Waals surface area contributed by atoms with Crippen molar-refractivity contribution >= 4 is 5.91 Å². The Morgan fingerprint density at radius 1 is 1.47 bits per heavy atom. The van der Waals surface area contributed by atoms with E-state index >= 15 is 0 Å². The molecule has 0 aliphatic rings. The number of hydrogen-bond acceptors (Lipinski definition) is 3. The molecule has 4 N–H and O–H groups in total. The number of amides is 1. The van der Waals surface area contributed by atoms with Gasteiger partial charge in [0.1, 0.15) is 0 Å². The minimum absolute atomic E-state index is 0. The van der Waals surface area contributed by atoms with Crippen molar-refractivity contribution in [2.75, 3.05) is 34.3 Å². The predicted molar refractivity (Wildman–Crippen MR) is 57.0 cm³/mol. The lowest BCUT2D eigenvalue weighted by Gasteiger charge is -2.23. The first-order chi connectivity index (χ1) is 6.33. The molecule has 0 bridgehead atoms. The molecule has 0 aromatic heterocycles. The van der Waals surface area contributed by atoms with Crippen molar-refractivity contribution in [3.8, 4) is 0 Å². The number of carbonyl (C=O) groups excluding carboxylic acids is 1. The Labute approximate surface area is 98.0 Å². The fraction of sp³-hybridized carbons (Fsp3) is 0.667. The maximum Gasteiger partial charge on any atom is 0.240 e. The van der Waals surface area contributed by atoms with E-state index in [1.807, 2.05) is 0 Å². The van der Waals surface area contributed by atoms with Gasteiger partial charge in [-0.15, -0.1) is 0 Å². The van der Waals surface area contributed by atoms with Crippen LogP contribution in [0.2, 0.25) is 0 Å². The summed E-state index contributed by atoms with van der Waals surface area (Å²) >= 11 is 0. The Hall–Kier alpha value is -0.620. The van der Waals surface area contributed by atoms with Crippen LogP contribution in [0.15, 0.2) is 12.7 Å². The molecule has 0 fully saturated rings. The van der Waals surface area contributed by atoms with Crippen LogP contribution in [0.3, 0.4) is 0 Å². The summed E-state index contributed by atoms with van der Waals surface area (Å²) in [7, 11) is 6.45. The third kappa shape index (κ3) is 31.8. The Morgan fingerprint density at radius 3 is 2.07 bits per heavy atom. The van der Waals surface area contributed by atoms with Gasteiger partial charge in [-0.05, 0) is 6.08 Å². The van der Waals surface area contributed by atoms with Crippen LogP contribution in [-0.2, 0) is 9.63 Å². The quantitative estimate of drug-likeness (QED) is 0.228. The summed E-state index contributed by atoms with van der Waals surface area (Å²) in [6.07, 6.45) is 2.08. The molecule has 0 saturated carbocycles. The molecule has 0 aromatic rings. The molecule has 0 rings (SSSR count). The first kappa shape index (κ1) is 19.9. The zero-order valence-corrected chi connectivity index (χ0v) is 10.5. The molecule has 0 aromatic carbocycles. The molecular formula is C9H22ClN3O2. The fourth-order valence-electron chi connectivity index (χ4n) is 0.622. The van der Waals surface area contributed by atoms with E-state index in [-0.39, 0.29) is 12.4 Å². The lowest BCUT2D eigenvalue weighted by Crippen LogP contribution is -3.00. The summed E-state index contributed by atoms with van der Waals surface area (Å²) in [5.74, 6) is 4.37. The molecule has 1 amide bonds. The van der Waals surface area contributed by atoms with Crippen LogP contribution in [0.5, 0.6) is 0 Å². The van der Waals surface area contributed by atoms with Gasteiger partial charge < -0.3 is 27.5 Å². The lowest BCUT2D eigenvalue weighted by atomic mass is 10.4. The zero-order chi connectivity index (χ0) is 11.6. The summed E-state index contributed by atoms with van der Waals surface area (Å²) in [6, 6.07) is 0. The van der Waals surface area contributed by atoms with Gasteiger partial charge in [0.15, 0.2) is 0 Å². The topological polar surface area (TPSA) is 78.3 Å². The number of quaternary nitrogens is 1. The first-order valence-corrected chi connectivity index (χ1v) is 4.37. The largest absolute Gasteiger partial charge is 1.00 e. The smallest absolute Gasteiger partial charge is 0.240 e. The summed E-state index contributed by atoms with van der Waals surface area (Å²) in [4.78, 5) is 13.9. The van der Waals surface area contributed by atoms with Crippen molar-refractivity contribution in [3.63, 3.8) is 0 Å². The fourth-order valence-corrected chi connectivity index (χ4v) is 0.622. The van der Waals surface area contributed by atoms with Crippen LogP contribution in [0.25, 0.3) is 0 Å². The van der Waals surface area contributed by atoms with E-state index < -0.39 is 5.91 Å². The molecule has 0 spiro atoms. The van der Waals surface area contributed by atoms with Gasteiger partial charge in [-0.25, -0.2) is 5.90 Å². The average molecular weight is 240 g/mol. The van der Waals surface area contributed by atoms with E-state index in [1.165, 1.54) is 0 Å². The molecule has 0 heterocycles. The number of carbonyl (C=O) groups is 1. The highest BCUT2D eigenvalue weighted by Gasteiger charge is 2.04. The third-order valence-electron chi connectivity index (χ3n) is 1.29. The number of nitrogens with zero attached hydrogens (tertiary/aromatic N) is 1. The summed E-state index contributed by atoms with van der Waals surface area (Å²) in [5.41, 5.74) is 4.53. The maximum atomic E-state index is 9.47. The molecule has 0 unspecified atom stereocenters. The zero-order valence-electron chi connectivity index (χ0n) is 9.70. The Bertz CT molecular complexity index is 169. The van der Waals surface area contributed by atoms with Crippen molar-refractivity contribution in [1.29, 1.82) is 0 Å². The molecule has 0 radical (unpaired) electrons. The Morgan fingerprint density at radius 2 is 1.87 bits per heavy atom. The maximum absolute atomic E-state index is 9.47. The van der Waals surface area contributed by atoms with Gasteiger partial charge in [-0.1, -0.05) is 6.58 Å². The highest BCUT2D eigenvalue weighted by atomic mass is 35.5. The van der Waals surface area contributed by atoms with Gasteiger partial charge >= 0.3 is 0 Å². The molecule has 0 aliphatic heterocycles. The number of nitrogens with two attached hydrogens (primary N) is 2. The van der Waals surface area contributed by atoms with E-state index in [9.17, 15) is 4.79 Å². The van der Waals surface area contributed by atoms with Crippen molar-refractivity contribution in [2.24, 2.45) is 11.6 Å². The van der Waals surface area contributed by atoms with Gasteiger partial charge in [-0.2, -0.15) is 0 Å². The molecule has 15 heavy (non-hydrogen) atoms. The second-order valence-electron chi connectivity index (χ2n) is 3.84. The lowest BCUT2D eigenvalue weighted by molar-refractivity contribution is -0.870. The van der Waals surface area contributed by atoms with E-state index in [0.29, 0.717) is 6.61 Å². The molecule has 0 atom stereocenters. The van der Waals surface area contributed by atoms with Crippen LogP contribution < -0.4 is 24.0 Å². The van der Waals surface area contributed by atoms with Crippen LogP contribution in [-0.4, -0.2) is 44.7 Å². The van der Waals surface area contributed by atoms with Gasteiger partial charge in [0, 0.05) is 6.42 Å². The standard InChI is InChI=1S/C6H17N2O.C3H5NO.ClH/c1-8(2,3)5-4-6-9-7;1-2-3(4)5;/h4-7H2,1-3H3;2H,1H2,(H2,4,5);1H/q+1;;/p-1.